The van der Waals surface area contributed by atoms with Gasteiger partial charge >= 0.3 is 5.97 Å². The number of carbonyl (C=O) groups excluding carboxylic acids is 1. The lowest BCUT2D eigenvalue weighted by Gasteiger charge is -2.23. The molecule has 0 spiro atoms. The minimum Gasteiger partial charge on any atom is -0.481 e. The Morgan fingerprint density at radius 3 is 2.68 bits per heavy atom. The molecule has 3 rings (SSSR count). The summed E-state index contributed by atoms with van der Waals surface area (Å²) in [4.78, 5) is 25.9. The van der Waals surface area contributed by atoms with Gasteiger partial charge in [-0.3, -0.25) is 9.59 Å². The van der Waals surface area contributed by atoms with Gasteiger partial charge < -0.3 is 14.7 Å². The molecule has 1 unspecified atom stereocenters. The second-order valence-corrected chi connectivity index (χ2v) is 6.27. The minimum atomic E-state index is -1.06. The van der Waals surface area contributed by atoms with E-state index >= 15 is 0 Å². The van der Waals surface area contributed by atoms with Crippen LogP contribution >= 0.6 is 0 Å². The molecule has 2 heterocycles. The van der Waals surface area contributed by atoms with E-state index in [-0.39, 0.29) is 24.8 Å². The maximum Gasteiger partial charge on any atom is 0.313 e. The fourth-order valence-corrected chi connectivity index (χ4v) is 3.17. The minimum absolute atomic E-state index is 0.0712. The summed E-state index contributed by atoms with van der Waals surface area (Å²) in [5.41, 5.74) is 0.610. The Morgan fingerprint density at radius 1 is 1.32 bits per heavy atom. The standard InChI is InChI=1S/C17H20N4O4/c1-12-14(18-19-21(12)13-6-4-3-5-7-13)15(22)20-9-8-17(10-20,11-25-2)16(23)24/h3-7H,8-11H2,1-2H3,(H,23,24). The molecule has 8 heteroatoms. The van der Waals surface area contributed by atoms with Gasteiger partial charge in [-0.1, -0.05) is 23.4 Å². The normalized spacial score (nSPS) is 20.0. The maximum atomic E-state index is 12.8. The summed E-state index contributed by atoms with van der Waals surface area (Å²) in [5.74, 6) is -1.26. The lowest BCUT2D eigenvalue weighted by atomic mass is 9.88. The van der Waals surface area contributed by atoms with E-state index in [4.69, 9.17) is 4.74 Å². The Hall–Kier alpha value is -2.74. The van der Waals surface area contributed by atoms with Crippen molar-refractivity contribution in [3.05, 3.63) is 41.7 Å². The van der Waals surface area contributed by atoms with Gasteiger partial charge in [0, 0.05) is 20.2 Å². The van der Waals surface area contributed by atoms with Crippen LogP contribution in [0.4, 0.5) is 0 Å². The van der Waals surface area contributed by atoms with Crippen molar-refractivity contribution in [1.29, 1.82) is 0 Å². The van der Waals surface area contributed by atoms with Crippen LogP contribution in [0.2, 0.25) is 0 Å². The number of likely N-dealkylation sites (tertiary alicyclic amines) is 1. The van der Waals surface area contributed by atoms with Crippen LogP contribution in [0.3, 0.4) is 0 Å². The summed E-state index contributed by atoms with van der Waals surface area (Å²) < 4.78 is 6.66. The highest BCUT2D eigenvalue weighted by atomic mass is 16.5. The zero-order valence-corrected chi connectivity index (χ0v) is 14.2. The average molecular weight is 344 g/mol. The number of ether oxygens (including phenoxy) is 1. The average Bonchev–Trinajstić information content (AvgIpc) is 3.20. The quantitative estimate of drug-likeness (QED) is 0.873. The number of carboxylic acids is 1. The van der Waals surface area contributed by atoms with E-state index < -0.39 is 11.4 Å². The summed E-state index contributed by atoms with van der Waals surface area (Å²) in [7, 11) is 1.46. The first kappa shape index (κ1) is 17.1. The first-order chi connectivity index (χ1) is 12.0. The van der Waals surface area contributed by atoms with Crippen molar-refractivity contribution in [2.45, 2.75) is 13.3 Å². The van der Waals surface area contributed by atoms with Gasteiger partial charge in [0.1, 0.15) is 5.41 Å². The summed E-state index contributed by atoms with van der Waals surface area (Å²) in [6, 6.07) is 9.40. The molecule has 8 nitrogen and oxygen atoms in total. The van der Waals surface area contributed by atoms with Crippen LogP contribution in [0.5, 0.6) is 0 Å². The van der Waals surface area contributed by atoms with Gasteiger partial charge in [-0.05, 0) is 25.5 Å². The van der Waals surface area contributed by atoms with Gasteiger partial charge in [0.05, 0.1) is 18.0 Å². The van der Waals surface area contributed by atoms with E-state index in [0.29, 0.717) is 18.7 Å². The van der Waals surface area contributed by atoms with Crippen molar-refractivity contribution >= 4 is 11.9 Å². The highest BCUT2D eigenvalue weighted by molar-refractivity contribution is 5.94. The zero-order valence-electron chi connectivity index (χ0n) is 14.2. The number of methoxy groups -OCH3 is 1. The number of aliphatic carboxylic acids is 1. The predicted octanol–water partition coefficient (Wildman–Crippen LogP) is 1.14. The molecule has 25 heavy (non-hydrogen) atoms. The number of benzene rings is 1. The van der Waals surface area contributed by atoms with Crippen molar-refractivity contribution in [3.63, 3.8) is 0 Å². The molecule has 0 bridgehead atoms. The summed E-state index contributed by atoms with van der Waals surface area (Å²) >= 11 is 0. The zero-order chi connectivity index (χ0) is 18.0. The van der Waals surface area contributed by atoms with E-state index in [0.717, 1.165) is 5.69 Å². The topological polar surface area (TPSA) is 97.6 Å². The van der Waals surface area contributed by atoms with Crippen LogP contribution < -0.4 is 0 Å². The molecule has 0 saturated carbocycles. The molecular weight excluding hydrogens is 324 g/mol. The fourth-order valence-electron chi connectivity index (χ4n) is 3.17. The number of para-hydroxylation sites is 1. The second-order valence-electron chi connectivity index (χ2n) is 6.27. The van der Waals surface area contributed by atoms with Crippen LogP contribution in [0.15, 0.2) is 30.3 Å². The number of hydrogen-bond donors (Lipinski definition) is 1. The van der Waals surface area contributed by atoms with E-state index in [1.807, 2.05) is 30.3 Å². The molecule has 1 N–H and O–H groups in total. The number of carbonyl (C=O) groups is 2. The van der Waals surface area contributed by atoms with E-state index in [1.54, 1.807) is 11.6 Å². The molecule has 1 atom stereocenters. The van der Waals surface area contributed by atoms with E-state index in [2.05, 4.69) is 10.3 Å². The number of rotatable bonds is 5. The first-order valence-corrected chi connectivity index (χ1v) is 7.98. The van der Waals surface area contributed by atoms with Crippen molar-refractivity contribution in [3.8, 4) is 5.69 Å². The molecule has 0 radical (unpaired) electrons. The Balaban J connectivity index is 1.83. The maximum absolute atomic E-state index is 12.8. The van der Waals surface area contributed by atoms with Gasteiger partial charge in [-0.2, -0.15) is 0 Å². The van der Waals surface area contributed by atoms with Gasteiger partial charge in [-0.15, -0.1) is 5.10 Å². The molecular formula is C17H20N4O4. The lowest BCUT2D eigenvalue weighted by Crippen LogP contribution is -2.40. The lowest BCUT2D eigenvalue weighted by molar-refractivity contribution is -0.151. The van der Waals surface area contributed by atoms with Crippen LogP contribution in [-0.4, -0.2) is 63.7 Å². The van der Waals surface area contributed by atoms with Crippen molar-refractivity contribution in [2.24, 2.45) is 5.41 Å². The van der Waals surface area contributed by atoms with Crippen LogP contribution in [0.1, 0.15) is 22.6 Å². The Labute approximate surface area is 145 Å². The number of carboxylic acid groups (broad SMARTS) is 1. The van der Waals surface area contributed by atoms with Crippen LogP contribution in [0, 0.1) is 12.3 Å². The van der Waals surface area contributed by atoms with E-state index in [9.17, 15) is 14.7 Å². The molecule has 1 aliphatic rings. The number of amides is 1. The fraction of sp³-hybridized carbons (Fsp3) is 0.412. The number of nitrogens with zero attached hydrogens (tertiary/aromatic N) is 4. The van der Waals surface area contributed by atoms with E-state index in [1.165, 1.54) is 12.0 Å². The molecule has 1 amide bonds. The van der Waals surface area contributed by atoms with Gasteiger partial charge in [0.2, 0.25) is 0 Å². The highest BCUT2D eigenvalue weighted by Crippen LogP contribution is 2.32. The molecule has 0 aliphatic carbocycles. The molecule has 1 fully saturated rings. The Kier molecular flexibility index (Phi) is 4.54. The number of hydrogen-bond acceptors (Lipinski definition) is 5. The van der Waals surface area contributed by atoms with Crippen molar-refractivity contribution < 1.29 is 19.4 Å². The largest absolute Gasteiger partial charge is 0.481 e. The molecule has 1 aromatic carbocycles. The third-order valence-corrected chi connectivity index (χ3v) is 4.61. The third kappa shape index (κ3) is 3.00. The van der Waals surface area contributed by atoms with Crippen molar-refractivity contribution in [1.82, 2.24) is 19.9 Å². The molecule has 1 aliphatic heterocycles. The van der Waals surface area contributed by atoms with Gasteiger partial charge in [0.25, 0.3) is 5.91 Å². The third-order valence-electron chi connectivity index (χ3n) is 4.61. The monoisotopic (exact) mass is 344 g/mol. The van der Waals surface area contributed by atoms with Crippen LogP contribution in [-0.2, 0) is 9.53 Å². The summed E-state index contributed by atoms with van der Waals surface area (Å²) in [6.07, 6.45) is 0.355. The molecule has 2 aromatic rings. The highest BCUT2D eigenvalue weighted by Gasteiger charge is 2.47. The van der Waals surface area contributed by atoms with Gasteiger partial charge in [-0.25, -0.2) is 4.68 Å². The molecule has 132 valence electrons. The number of aromatic nitrogens is 3. The van der Waals surface area contributed by atoms with Gasteiger partial charge in [0.15, 0.2) is 5.69 Å². The Bertz CT molecular complexity index is 789. The Morgan fingerprint density at radius 2 is 2.04 bits per heavy atom. The first-order valence-electron chi connectivity index (χ1n) is 7.98. The predicted molar refractivity (Wildman–Crippen MR) is 88.6 cm³/mol. The summed E-state index contributed by atoms with van der Waals surface area (Å²) in [5, 5.41) is 17.6. The molecule has 1 aromatic heterocycles. The SMILES string of the molecule is COCC1(C(=O)O)CCN(C(=O)c2nnn(-c3ccccc3)c2C)C1. The van der Waals surface area contributed by atoms with Crippen molar-refractivity contribution in [2.75, 3.05) is 26.8 Å². The summed E-state index contributed by atoms with van der Waals surface area (Å²) in [6.45, 7) is 2.30. The second kappa shape index (κ2) is 6.64. The smallest absolute Gasteiger partial charge is 0.313 e. The van der Waals surface area contributed by atoms with Crippen LogP contribution in [0.25, 0.3) is 5.69 Å². The molecule has 1 saturated heterocycles.